The fourth-order valence-corrected chi connectivity index (χ4v) is 2.13. The predicted molar refractivity (Wildman–Crippen MR) is 79.1 cm³/mol. The van der Waals surface area contributed by atoms with E-state index in [0.29, 0.717) is 16.3 Å². The van der Waals surface area contributed by atoms with Gasteiger partial charge in [0, 0.05) is 19.8 Å². The van der Waals surface area contributed by atoms with Gasteiger partial charge in [0.05, 0.1) is 10.6 Å². The number of nitrogens with one attached hydrogen (secondary N) is 1. The fraction of sp³-hybridized carbons (Fsp3) is 0.333. The molecule has 6 heteroatoms. The van der Waals surface area contributed by atoms with Gasteiger partial charge >= 0.3 is 0 Å². The van der Waals surface area contributed by atoms with Crippen LogP contribution in [-0.2, 0) is 4.79 Å². The average molecular weight is 286 g/mol. The summed E-state index contributed by atoms with van der Waals surface area (Å²) in [5.74, 6) is -0.0381. The average Bonchev–Trinajstić information content (AvgIpc) is 2.27. The van der Waals surface area contributed by atoms with Crippen LogP contribution in [0.15, 0.2) is 18.2 Å². The van der Waals surface area contributed by atoms with Crippen LogP contribution in [0.3, 0.4) is 0 Å². The zero-order valence-electron chi connectivity index (χ0n) is 10.5. The van der Waals surface area contributed by atoms with Gasteiger partial charge in [-0.1, -0.05) is 29.9 Å². The SMILES string of the molecule is CC(Nc1cccc(Cl)c1C(N)=S)C(=O)N(C)C. The summed E-state index contributed by atoms with van der Waals surface area (Å²) >= 11 is 11.0. The number of carbonyl (C=O) groups is 1. The second kappa shape index (κ2) is 6.02. The van der Waals surface area contributed by atoms with E-state index in [-0.39, 0.29) is 16.9 Å². The summed E-state index contributed by atoms with van der Waals surface area (Å²) in [6.07, 6.45) is 0. The molecule has 0 aliphatic rings. The number of anilines is 1. The second-order valence-electron chi connectivity index (χ2n) is 4.13. The molecule has 1 rings (SSSR count). The Morgan fingerprint density at radius 3 is 2.61 bits per heavy atom. The van der Waals surface area contributed by atoms with Crippen LogP contribution < -0.4 is 11.1 Å². The van der Waals surface area contributed by atoms with Crippen molar-refractivity contribution in [2.75, 3.05) is 19.4 Å². The molecule has 0 radical (unpaired) electrons. The normalized spacial score (nSPS) is 11.8. The van der Waals surface area contributed by atoms with Gasteiger partial charge in [0.25, 0.3) is 0 Å². The summed E-state index contributed by atoms with van der Waals surface area (Å²) in [6.45, 7) is 1.77. The highest BCUT2D eigenvalue weighted by Gasteiger charge is 2.17. The van der Waals surface area contributed by atoms with Gasteiger partial charge in [0.2, 0.25) is 5.91 Å². The van der Waals surface area contributed by atoms with E-state index in [2.05, 4.69) is 5.32 Å². The number of hydrogen-bond acceptors (Lipinski definition) is 3. The fourth-order valence-electron chi connectivity index (χ4n) is 1.58. The third kappa shape index (κ3) is 3.34. The number of halogens is 1. The number of benzene rings is 1. The molecule has 1 aromatic carbocycles. The second-order valence-corrected chi connectivity index (χ2v) is 4.97. The Labute approximate surface area is 117 Å². The first-order valence-electron chi connectivity index (χ1n) is 5.40. The van der Waals surface area contributed by atoms with E-state index in [1.165, 1.54) is 4.90 Å². The molecule has 1 aromatic rings. The van der Waals surface area contributed by atoms with Crippen LogP contribution in [0, 0.1) is 0 Å². The van der Waals surface area contributed by atoms with Crippen molar-refractivity contribution in [1.29, 1.82) is 0 Å². The lowest BCUT2D eigenvalue weighted by Gasteiger charge is -2.20. The topological polar surface area (TPSA) is 58.4 Å². The Bertz CT molecular complexity index is 476. The molecule has 4 nitrogen and oxygen atoms in total. The Balaban J connectivity index is 3.01. The van der Waals surface area contributed by atoms with E-state index in [4.69, 9.17) is 29.6 Å². The first kappa shape index (κ1) is 14.7. The predicted octanol–water partition coefficient (Wildman–Crippen LogP) is 1.86. The monoisotopic (exact) mass is 285 g/mol. The van der Waals surface area contributed by atoms with Crippen molar-refractivity contribution in [2.45, 2.75) is 13.0 Å². The summed E-state index contributed by atoms with van der Waals surface area (Å²) in [5.41, 5.74) is 6.87. The molecule has 0 spiro atoms. The van der Waals surface area contributed by atoms with Gasteiger partial charge in [-0.2, -0.15) is 0 Å². The highest BCUT2D eigenvalue weighted by molar-refractivity contribution is 7.80. The van der Waals surface area contributed by atoms with Crippen molar-refractivity contribution < 1.29 is 4.79 Å². The third-order valence-corrected chi connectivity index (χ3v) is 2.96. The Morgan fingerprint density at radius 2 is 2.11 bits per heavy atom. The quantitative estimate of drug-likeness (QED) is 0.829. The first-order valence-corrected chi connectivity index (χ1v) is 6.19. The molecule has 1 unspecified atom stereocenters. The molecule has 98 valence electrons. The molecular weight excluding hydrogens is 270 g/mol. The molecule has 0 saturated heterocycles. The number of carbonyl (C=O) groups excluding carboxylic acids is 1. The number of rotatable bonds is 4. The van der Waals surface area contributed by atoms with E-state index in [0.717, 1.165) is 0 Å². The standard InChI is InChI=1S/C12H16ClN3OS/c1-7(12(17)16(2)3)15-9-6-4-5-8(13)10(9)11(14)18/h4-7,15H,1-3H3,(H2,14,18). The van der Waals surface area contributed by atoms with Crippen LogP contribution in [0.1, 0.15) is 12.5 Å². The van der Waals surface area contributed by atoms with Gasteiger partial charge < -0.3 is 16.0 Å². The van der Waals surface area contributed by atoms with Crippen LogP contribution in [0.2, 0.25) is 5.02 Å². The van der Waals surface area contributed by atoms with Gasteiger partial charge in [-0.25, -0.2) is 0 Å². The molecule has 0 bridgehead atoms. The van der Waals surface area contributed by atoms with Crippen LogP contribution in [0.4, 0.5) is 5.69 Å². The molecule has 0 heterocycles. The summed E-state index contributed by atoms with van der Waals surface area (Å²) in [7, 11) is 3.40. The van der Waals surface area contributed by atoms with Gasteiger partial charge in [0.15, 0.2) is 0 Å². The number of nitrogens with zero attached hydrogens (tertiary/aromatic N) is 1. The Hall–Kier alpha value is -1.33. The van der Waals surface area contributed by atoms with E-state index >= 15 is 0 Å². The lowest BCUT2D eigenvalue weighted by atomic mass is 10.1. The minimum atomic E-state index is -0.383. The molecule has 0 saturated carbocycles. The van der Waals surface area contributed by atoms with Gasteiger partial charge in [-0.15, -0.1) is 0 Å². The van der Waals surface area contributed by atoms with Crippen LogP contribution in [0.5, 0.6) is 0 Å². The minimum absolute atomic E-state index is 0.0381. The number of likely N-dealkylation sites (N-methyl/N-ethyl adjacent to an activating group) is 1. The Kier molecular flexibility index (Phi) is 4.93. The molecule has 1 amide bonds. The lowest BCUT2D eigenvalue weighted by Crippen LogP contribution is -2.37. The maximum Gasteiger partial charge on any atom is 0.244 e. The van der Waals surface area contributed by atoms with Gasteiger partial charge in [-0.3, -0.25) is 4.79 Å². The minimum Gasteiger partial charge on any atom is -0.389 e. The van der Waals surface area contributed by atoms with E-state index in [1.807, 2.05) is 0 Å². The van der Waals surface area contributed by atoms with E-state index < -0.39 is 0 Å². The van der Waals surface area contributed by atoms with Crippen molar-refractivity contribution in [3.8, 4) is 0 Å². The zero-order chi connectivity index (χ0) is 13.9. The highest BCUT2D eigenvalue weighted by Crippen LogP contribution is 2.24. The number of nitrogens with two attached hydrogens (primary N) is 1. The van der Waals surface area contributed by atoms with E-state index in [1.54, 1.807) is 39.2 Å². The van der Waals surface area contributed by atoms with E-state index in [9.17, 15) is 4.79 Å². The zero-order valence-corrected chi connectivity index (χ0v) is 12.1. The lowest BCUT2D eigenvalue weighted by molar-refractivity contribution is -0.129. The molecule has 0 fully saturated rings. The highest BCUT2D eigenvalue weighted by atomic mass is 35.5. The summed E-state index contributed by atoms with van der Waals surface area (Å²) < 4.78 is 0. The summed E-state index contributed by atoms with van der Waals surface area (Å²) in [4.78, 5) is 13.5. The largest absolute Gasteiger partial charge is 0.389 e. The van der Waals surface area contributed by atoms with Crippen molar-refractivity contribution >= 4 is 40.4 Å². The van der Waals surface area contributed by atoms with Crippen molar-refractivity contribution in [2.24, 2.45) is 5.73 Å². The van der Waals surface area contributed by atoms with Crippen LogP contribution in [-0.4, -0.2) is 35.9 Å². The molecule has 3 N–H and O–H groups in total. The van der Waals surface area contributed by atoms with Crippen molar-refractivity contribution in [3.05, 3.63) is 28.8 Å². The molecule has 1 atom stereocenters. The maximum absolute atomic E-state index is 11.8. The van der Waals surface area contributed by atoms with Crippen LogP contribution >= 0.6 is 23.8 Å². The van der Waals surface area contributed by atoms with Crippen molar-refractivity contribution in [1.82, 2.24) is 4.90 Å². The summed E-state index contributed by atoms with van der Waals surface area (Å²) in [5, 5.41) is 3.54. The smallest absolute Gasteiger partial charge is 0.244 e. The van der Waals surface area contributed by atoms with Crippen LogP contribution in [0.25, 0.3) is 0 Å². The molecule has 0 aliphatic carbocycles. The number of amides is 1. The summed E-state index contributed by atoms with van der Waals surface area (Å²) in [6, 6.07) is 4.89. The maximum atomic E-state index is 11.8. The molecule has 0 aliphatic heterocycles. The number of hydrogen-bond donors (Lipinski definition) is 2. The van der Waals surface area contributed by atoms with Crippen molar-refractivity contribution in [3.63, 3.8) is 0 Å². The number of thiocarbonyl (C=S) groups is 1. The molecule has 18 heavy (non-hydrogen) atoms. The van der Waals surface area contributed by atoms with Gasteiger partial charge in [0.1, 0.15) is 11.0 Å². The van der Waals surface area contributed by atoms with Gasteiger partial charge in [-0.05, 0) is 19.1 Å². The first-order chi connectivity index (χ1) is 8.34. The molecular formula is C12H16ClN3OS. The third-order valence-electron chi connectivity index (χ3n) is 2.44. The Morgan fingerprint density at radius 1 is 1.50 bits per heavy atom. The molecule has 0 aromatic heterocycles.